The Kier molecular flexibility index (Phi) is 5.15. The van der Waals surface area contributed by atoms with Gasteiger partial charge in [0.1, 0.15) is 0 Å². The number of nitrogens with zero attached hydrogens (tertiary/aromatic N) is 1. The Morgan fingerprint density at radius 2 is 2.08 bits per heavy atom. The molecular weight excluding hydrogens is 190 g/mol. The van der Waals surface area contributed by atoms with Crippen LogP contribution < -0.4 is 0 Å². The Balaban J connectivity index is 3.80. The average Bonchev–Trinajstić information content (AvgIpc) is 2.00. The maximum absolute atomic E-state index is 10.8. The second-order valence-corrected chi connectivity index (χ2v) is 5.14. The van der Waals surface area contributed by atoms with Crippen LogP contribution in [0.15, 0.2) is 0 Å². The molecule has 6 heteroatoms. The van der Waals surface area contributed by atoms with Gasteiger partial charge in [0.15, 0.2) is 0 Å². The second-order valence-electron chi connectivity index (χ2n) is 2.87. The van der Waals surface area contributed by atoms with Gasteiger partial charge < -0.3 is 18.9 Å². The van der Waals surface area contributed by atoms with Gasteiger partial charge in [0.05, 0.1) is 0 Å². The quantitative estimate of drug-likeness (QED) is 0.592. The first-order valence-electron chi connectivity index (χ1n) is 4.19. The largest absolute Gasteiger partial charge is 0.497 e. The van der Waals surface area contributed by atoms with Gasteiger partial charge in [-0.2, -0.15) is 0 Å². The molecule has 0 aromatic rings. The van der Waals surface area contributed by atoms with Crippen molar-refractivity contribution in [2.75, 3.05) is 20.2 Å². The van der Waals surface area contributed by atoms with Crippen LogP contribution in [0, 0.1) is 0 Å². The summed E-state index contributed by atoms with van der Waals surface area (Å²) in [6.45, 7) is 3.72. The fourth-order valence-corrected chi connectivity index (χ4v) is 2.01. The number of carbonyl (C=O) groups is 1. The van der Waals surface area contributed by atoms with Gasteiger partial charge in [0.2, 0.25) is 5.91 Å². The lowest BCUT2D eigenvalue weighted by molar-refractivity contribution is -0.127. The first-order chi connectivity index (χ1) is 5.89. The van der Waals surface area contributed by atoms with Crippen LogP contribution in [0.25, 0.3) is 0 Å². The Morgan fingerprint density at radius 1 is 1.54 bits per heavy atom. The normalized spacial score (nSPS) is 11.5. The maximum Gasteiger partial charge on any atom is 0.497 e. The van der Waals surface area contributed by atoms with E-state index in [0.29, 0.717) is 6.54 Å². The van der Waals surface area contributed by atoms with Crippen LogP contribution in [-0.4, -0.2) is 49.4 Å². The topological polar surface area (TPSA) is 70.0 Å². The van der Waals surface area contributed by atoms with Gasteiger partial charge in [-0.05, 0) is 6.92 Å². The van der Waals surface area contributed by atoms with Crippen molar-refractivity contribution in [3.05, 3.63) is 0 Å². The summed E-state index contributed by atoms with van der Waals surface area (Å²) in [7, 11) is -1.90. The van der Waals surface area contributed by atoms with Crippen molar-refractivity contribution in [3.8, 4) is 0 Å². The molecule has 0 atom stereocenters. The van der Waals surface area contributed by atoms with Crippen molar-refractivity contribution in [1.82, 2.24) is 4.90 Å². The molecule has 1 amide bonds. The van der Waals surface area contributed by atoms with Crippen LogP contribution in [0.2, 0.25) is 6.04 Å². The molecule has 0 unspecified atom stereocenters. The first-order valence-corrected chi connectivity index (χ1v) is 6.20. The van der Waals surface area contributed by atoms with Crippen molar-refractivity contribution in [3.63, 3.8) is 0 Å². The predicted molar refractivity (Wildman–Crippen MR) is 49.9 cm³/mol. The molecule has 0 saturated carbocycles. The molecule has 0 aliphatic carbocycles. The third kappa shape index (κ3) is 5.75. The molecule has 0 fully saturated rings. The predicted octanol–water partition coefficient (Wildman–Crippen LogP) is -0.575. The van der Waals surface area contributed by atoms with E-state index in [0.717, 1.165) is 0 Å². The third-order valence-corrected chi connectivity index (χ3v) is 3.31. The zero-order chi connectivity index (χ0) is 10.5. The van der Waals surface area contributed by atoms with Gasteiger partial charge in [0.25, 0.3) is 0 Å². The van der Waals surface area contributed by atoms with E-state index >= 15 is 0 Å². The summed E-state index contributed by atoms with van der Waals surface area (Å²) in [5.41, 5.74) is 0. The molecule has 0 radical (unpaired) electrons. The number of amides is 1. The van der Waals surface area contributed by atoms with E-state index in [1.807, 2.05) is 0 Å². The van der Waals surface area contributed by atoms with Gasteiger partial charge in [-0.1, -0.05) is 0 Å². The Labute approximate surface area is 79.3 Å². The summed E-state index contributed by atoms with van der Waals surface area (Å²) in [4.78, 5) is 30.7. The van der Waals surface area contributed by atoms with Gasteiger partial charge >= 0.3 is 8.80 Å². The molecule has 0 spiro atoms. The Hall–Kier alpha value is -0.433. The highest BCUT2D eigenvalue weighted by Gasteiger charge is 2.31. The monoisotopic (exact) mass is 207 g/mol. The van der Waals surface area contributed by atoms with Crippen molar-refractivity contribution in [2.45, 2.75) is 19.9 Å². The summed E-state index contributed by atoms with van der Waals surface area (Å²) in [5, 5.41) is 0. The summed E-state index contributed by atoms with van der Waals surface area (Å²) < 4.78 is 4.77. The molecule has 13 heavy (non-hydrogen) atoms. The van der Waals surface area contributed by atoms with E-state index in [-0.39, 0.29) is 18.6 Å². The lowest BCUT2D eigenvalue weighted by atomic mass is 10.5. The van der Waals surface area contributed by atoms with E-state index in [1.165, 1.54) is 11.8 Å². The van der Waals surface area contributed by atoms with Gasteiger partial charge in [-0.25, -0.2) is 0 Å². The second kappa shape index (κ2) is 5.33. The van der Waals surface area contributed by atoms with Crippen LogP contribution >= 0.6 is 0 Å². The SMILES string of the molecule is CCO[Si](O)(O)CCN(C)C(C)=O. The zero-order valence-corrected chi connectivity index (χ0v) is 9.28. The molecule has 0 aromatic heterocycles. The van der Waals surface area contributed by atoms with E-state index in [9.17, 15) is 14.4 Å². The van der Waals surface area contributed by atoms with E-state index in [2.05, 4.69) is 0 Å². The number of rotatable bonds is 5. The highest BCUT2D eigenvalue weighted by molar-refractivity contribution is 6.57. The number of hydrogen-bond acceptors (Lipinski definition) is 4. The molecule has 5 nitrogen and oxygen atoms in total. The molecule has 0 aromatic carbocycles. The number of carbonyl (C=O) groups excluding carboxylic acids is 1. The Morgan fingerprint density at radius 3 is 2.46 bits per heavy atom. The minimum atomic E-state index is -3.51. The van der Waals surface area contributed by atoms with Gasteiger partial charge in [-0.3, -0.25) is 4.79 Å². The number of hydrogen-bond donors (Lipinski definition) is 2. The van der Waals surface area contributed by atoms with Crippen LogP contribution in [-0.2, 0) is 9.22 Å². The molecule has 0 saturated heterocycles. The van der Waals surface area contributed by atoms with E-state index in [4.69, 9.17) is 4.43 Å². The molecular formula is C7H17NO4Si. The van der Waals surface area contributed by atoms with Crippen molar-refractivity contribution in [2.24, 2.45) is 0 Å². The highest BCUT2D eigenvalue weighted by atomic mass is 28.4. The zero-order valence-electron chi connectivity index (χ0n) is 8.28. The fraction of sp³-hybridized carbons (Fsp3) is 0.857. The molecule has 0 bridgehead atoms. The fourth-order valence-electron chi connectivity index (χ4n) is 0.774. The van der Waals surface area contributed by atoms with Crippen LogP contribution in [0.3, 0.4) is 0 Å². The van der Waals surface area contributed by atoms with Gasteiger partial charge in [0, 0.05) is 33.2 Å². The smallest absolute Gasteiger partial charge is 0.390 e. The molecule has 0 rings (SSSR count). The maximum atomic E-state index is 10.8. The van der Waals surface area contributed by atoms with Crippen molar-refractivity contribution in [1.29, 1.82) is 0 Å². The third-order valence-electron chi connectivity index (χ3n) is 1.69. The summed E-state index contributed by atoms with van der Waals surface area (Å²) in [6.07, 6.45) is 0. The lowest BCUT2D eigenvalue weighted by Gasteiger charge is -2.20. The van der Waals surface area contributed by atoms with Crippen LogP contribution in [0.1, 0.15) is 13.8 Å². The molecule has 0 aliphatic rings. The van der Waals surface area contributed by atoms with Crippen LogP contribution in [0.4, 0.5) is 0 Å². The van der Waals surface area contributed by atoms with E-state index < -0.39 is 8.80 Å². The molecule has 2 N–H and O–H groups in total. The lowest BCUT2D eigenvalue weighted by Crippen LogP contribution is -2.42. The summed E-state index contributed by atoms with van der Waals surface area (Å²) >= 11 is 0. The molecule has 78 valence electrons. The van der Waals surface area contributed by atoms with Crippen LogP contribution in [0.5, 0.6) is 0 Å². The minimum absolute atomic E-state index is 0.0960. The van der Waals surface area contributed by atoms with E-state index in [1.54, 1.807) is 14.0 Å². The first kappa shape index (κ1) is 12.6. The van der Waals surface area contributed by atoms with Gasteiger partial charge in [-0.15, -0.1) is 0 Å². The molecule has 0 heterocycles. The average molecular weight is 207 g/mol. The Bertz CT molecular complexity index is 174. The standard InChI is InChI=1S/C7H17NO4Si/c1-4-12-13(10,11)6-5-8(3)7(2)9/h10-11H,4-6H2,1-3H3. The summed E-state index contributed by atoms with van der Waals surface area (Å²) in [5.74, 6) is -0.0960. The summed E-state index contributed by atoms with van der Waals surface area (Å²) in [6, 6.07) is 0.122. The highest BCUT2D eigenvalue weighted by Crippen LogP contribution is 2.04. The molecule has 0 aliphatic heterocycles. The van der Waals surface area contributed by atoms with Crippen molar-refractivity contribution >= 4 is 14.7 Å². The minimum Gasteiger partial charge on any atom is -0.390 e. The van der Waals surface area contributed by atoms with Crippen molar-refractivity contribution < 1.29 is 18.8 Å².